The number of fused-ring (bicyclic) bond motifs is 1. The van der Waals surface area contributed by atoms with Gasteiger partial charge in [0.05, 0.1) is 5.56 Å². The lowest BCUT2D eigenvalue weighted by Gasteiger charge is -2.11. The van der Waals surface area contributed by atoms with Crippen LogP contribution in [0.15, 0.2) is 30.5 Å². The number of carboxylic acid groups (broad SMARTS) is 1. The van der Waals surface area contributed by atoms with Gasteiger partial charge in [0.25, 0.3) is 0 Å². The summed E-state index contributed by atoms with van der Waals surface area (Å²) in [5.74, 6) is -0.896. The first kappa shape index (κ1) is 12.6. The molecule has 1 saturated heterocycles. The summed E-state index contributed by atoms with van der Waals surface area (Å²) in [7, 11) is 0. The molecule has 0 unspecified atom stereocenters. The van der Waals surface area contributed by atoms with Crippen LogP contribution in [0.5, 0.6) is 0 Å². The Balaban J connectivity index is 0.000000169. The van der Waals surface area contributed by atoms with Crippen molar-refractivity contribution >= 4 is 16.9 Å². The molecule has 96 valence electrons. The van der Waals surface area contributed by atoms with Crippen LogP contribution < -0.4 is 10.6 Å². The maximum absolute atomic E-state index is 10.7. The van der Waals surface area contributed by atoms with Crippen LogP contribution in [0.2, 0.25) is 0 Å². The molecule has 2 heterocycles. The van der Waals surface area contributed by atoms with E-state index in [-0.39, 0.29) is 0 Å². The highest BCUT2D eigenvalue weighted by Gasteiger charge is 2.08. The van der Waals surface area contributed by atoms with Gasteiger partial charge in [-0.1, -0.05) is 18.2 Å². The third kappa shape index (κ3) is 3.09. The molecule has 3 rings (SSSR count). The molecule has 1 aromatic heterocycles. The van der Waals surface area contributed by atoms with Crippen LogP contribution in [0.1, 0.15) is 10.4 Å². The van der Waals surface area contributed by atoms with E-state index in [1.807, 2.05) is 18.2 Å². The number of hydrogen-bond acceptors (Lipinski definition) is 3. The average molecular weight is 247 g/mol. The Labute approximate surface area is 105 Å². The smallest absolute Gasteiger partial charge is 0.337 e. The Bertz CT molecular complexity index is 506. The van der Waals surface area contributed by atoms with Crippen LogP contribution in [0.25, 0.3) is 10.9 Å². The summed E-state index contributed by atoms with van der Waals surface area (Å²) in [6.45, 7) is 4.56. The Morgan fingerprint density at radius 1 is 1.06 bits per heavy atom. The number of carboxylic acids is 1. The molecule has 0 saturated carbocycles. The molecule has 1 fully saturated rings. The monoisotopic (exact) mass is 247 g/mol. The molecule has 18 heavy (non-hydrogen) atoms. The van der Waals surface area contributed by atoms with Crippen molar-refractivity contribution < 1.29 is 9.90 Å². The maximum Gasteiger partial charge on any atom is 0.337 e. The van der Waals surface area contributed by atoms with E-state index in [0.29, 0.717) is 5.56 Å². The van der Waals surface area contributed by atoms with Crippen LogP contribution in [0.4, 0.5) is 0 Å². The first-order valence-electron chi connectivity index (χ1n) is 6.00. The molecule has 2 aromatic rings. The third-order valence-corrected chi connectivity index (χ3v) is 2.78. The van der Waals surface area contributed by atoms with Gasteiger partial charge in [-0.05, 0) is 6.07 Å². The van der Waals surface area contributed by atoms with Gasteiger partial charge in [0, 0.05) is 43.3 Å². The number of piperazine rings is 1. The van der Waals surface area contributed by atoms with Gasteiger partial charge in [-0.3, -0.25) is 0 Å². The van der Waals surface area contributed by atoms with Crippen molar-refractivity contribution in [3.05, 3.63) is 36.0 Å². The largest absolute Gasteiger partial charge is 0.478 e. The second kappa shape index (κ2) is 6.18. The van der Waals surface area contributed by atoms with Crippen molar-refractivity contribution in [1.29, 1.82) is 0 Å². The lowest BCUT2D eigenvalue weighted by Crippen LogP contribution is -2.39. The summed E-state index contributed by atoms with van der Waals surface area (Å²) in [5, 5.41) is 16.0. The predicted octanol–water partition coefficient (Wildman–Crippen LogP) is 1.05. The molecule has 1 aliphatic rings. The minimum absolute atomic E-state index is 0.325. The summed E-state index contributed by atoms with van der Waals surface area (Å²) in [4.78, 5) is 13.5. The predicted molar refractivity (Wildman–Crippen MR) is 71.0 cm³/mol. The van der Waals surface area contributed by atoms with Crippen molar-refractivity contribution in [1.82, 2.24) is 15.6 Å². The highest BCUT2D eigenvalue weighted by molar-refractivity contribution is 6.02. The summed E-state index contributed by atoms with van der Waals surface area (Å²) >= 11 is 0. The SMILES string of the molecule is C1CNCCN1.O=C(O)c1c[nH]c2ccccc12. The fourth-order valence-corrected chi connectivity index (χ4v) is 1.85. The molecule has 0 radical (unpaired) electrons. The standard InChI is InChI=1S/C9H7NO2.C4H10N2/c11-9(12)7-5-10-8-4-2-1-3-6(7)8;1-2-6-4-3-5-1/h1-5,10H,(H,11,12);5-6H,1-4H2. The Morgan fingerprint density at radius 3 is 2.22 bits per heavy atom. The number of rotatable bonds is 1. The Kier molecular flexibility index (Phi) is 4.33. The summed E-state index contributed by atoms with van der Waals surface area (Å²) in [6, 6.07) is 7.32. The van der Waals surface area contributed by atoms with E-state index >= 15 is 0 Å². The van der Waals surface area contributed by atoms with E-state index in [9.17, 15) is 4.79 Å². The molecule has 1 aliphatic heterocycles. The van der Waals surface area contributed by atoms with Crippen LogP contribution in [0, 0.1) is 0 Å². The van der Waals surface area contributed by atoms with Gasteiger partial charge in [-0.15, -0.1) is 0 Å². The van der Waals surface area contributed by atoms with Crippen molar-refractivity contribution in [2.75, 3.05) is 26.2 Å². The van der Waals surface area contributed by atoms with E-state index in [1.165, 1.54) is 6.20 Å². The molecule has 1 aromatic carbocycles. The van der Waals surface area contributed by atoms with Crippen LogP contribution in [-0.4, -0.2) is 42.2 Å². The number of aromatic carboxylic acids is 1. The lowest BCUT2D eigenvalue weighted by molar-refractivity contribution is 0.0699. The number of benzene rings is 1. The van der Waals surface area contributed by atoms with Gasteiger partial charge < -0.3 is 20.7 Å². The van der Waals surface area contributed by atoms with Gasteiger partial charge in [0.1, 0.15) is 0 Å². The van der Waals surface area contributed by atoms with E-state index < -0.39 is 5.97 Å². The van der Waals surface area contributed by atoms with Crippen LogP contribution >= 0.6 is 0 Å². The summed E-state index contributed by atoms with van der Waals surface area (Å²) in [5.41, 5.74) is 1.18. The lowest BCUT2D eigenvalue weighted by atomic mass is 10.2. The number of aromatic amines is 1. The molecular weight excluding hydrogens is 230 g/mol. The summed E-state index contributed by atoms with van der Waals surface area (Å²) in [6.07, 6.45) is 1.51. The zero-order valence-corrected chi connectivity index (χ0v) is 10.1. The Hall–Kier alpha value is -1.85. The number of H-pyrrole nitrogens is 1. The van der Waals surface area contributed by atoms with Crippen LogP contribution in [-0.2, 0) is 0 Å². The van der Waals surface area contributed by atoms with Gasteiger partial charge in [-0.25, -0.2) is 4.79 Å². The third-order valence-electron chi connectivity index (χ3n) is 2.78. The first-order valence-corrected chi connectivity index (χ1v) is 6.00. The Morgan fingerprint density at radius 2 is 1.67 bits per heavy atom. The summed E-state index contributed by atoms with van der Waals surface area (Å²) < 4.78 is 0. The zero-order chi connectivity index (χ0) is 12.8. The molecule has 5 heteroatoms. The normalized spacial score (nSPS) is 14.9. The van der Waals surface area contributed by atoms with E-state index in [4.69, 9.17) is 5.11 Å². The second-order valence-corrected chi connectivity index (χ2v) is 4.05. The topological polar surface area (TPSA) is 77.2 Å². The molecule has 0 spiro atoms. The molecule has 0 amide bonds. The molecule has 4 N–H and O–H groups in total. The van der Waals surface area contributed by atoms with Crippen molar-refractivity contribution in [2.45, 2.75) is 0 Å². The molecular formula is C13H17N3O2. The number of aromatic nitrogens is 1. The van der Waals surface area contributed by atoms with E-state index in [0.717, 1.165) is 37.1 Å². The first-order chi connectivity index (χ1) is 8.79. The number of para-hydroxylation sites is 1. The quantitative estimate of drug-likeness (QED) is 0.607. The second-order valence-electron chi connectivity index (χ2n) is 4.05. The molecule has 0 aliphatic carbocycles. The van der Waals surface area contributed by atoms with Gasteiger partial charge >= 0.3 is 5.97 Å². The maximum atomic E-state index is 10.7. The number of nitrogens with one attached hydrogen (secondary N) is 3. The molecule has 5 nitrogen and oxygen atoms in total. The highest BCUT2D eigenvalue weighted by atomic mass is 16.4. The minimum Gasteiger partial charge on any atom is -0.478 e. The number of hydrogen-bond donors (Lipinski definition) is 4. The molecule has 0 atom stereocenters. The fourth-order valence-electron chi connectivity index (χ4n) is 1.85. The van der Waals surface area contributed by atoms with Crippen molar-refractivity contribution in [3.63, 3.8) is 0 Å². The molecule has 0 bridgehead atoms. The van der Waals surface area contributed by atoms with Gasteiger partial charge in [0.2, 0.25) is 0 Å². The van der Waals surface area contributed by atoms with Gasteiger partial charge in [-0.2, -0.15) is 0 Å². The van der Waals surface area contributed by atoms with Crippen LogP contribution in [0.3, 0.4) is 0 Å². The van der Waals surface area contributed by atoms with E-state index in [2.05, 4.69) is 15.6 Å². The van der Waals surface area contributed by atoms with E-state index in [1.54, 1.807) is 6.07 Å². The van der Waals surface area contributed by atoms with Gasteiger partial charge in [0.15, 0.2) is 0 Å². The van der Waals surface area contributed by atoms with Crippen molar-refractivity contribution in [3.8, 4) is 0 Å². The van der Waals surface area contributed by atoms with Crippen molar-refractivity contribution in [2.24, 2.45) is 0 Å². The average Bonchev–Trinajstić information content (AvgIpc) is 2.85. The number of carbonyl (C=O) groups is 1. The minimum atomic E-state index is -0.896. The zero-order valence-electron chi connectivity index (χ0n) is 10.1. The highest BCUT2D eigenvalue weighted by Crippen LogP contribution is 2.16. The fraction of sp³-hybridized carbons (Fsp3) is 0.308.